The van der Waals surface area contributed by atoms with Gasteiger partial charge in [-0.05, 0) is 30.7 Å². The van der Waals surface area contributed by atoms with Gasteiger partial charge in [0.25, 0.3) is 0 Å². The van der Waals surface area contributed by atoms with Gasteiger partial charge in [-0.1, -0.05) is 31.0 Å². The van der Waals surface area contributed by atoms with E-state index in [2.05, 4.69) is 5.32 Å². The Labute approximate surface area is 107 Å². The Hall–Kier alpha value is -1.35. The zero-order chi connectivity index (χ0) is 12.5. The number of amides is 1. The molecule has 2 aliphatic rings. The fraction of sp³-hybridized carbons (Fsp3) is 0.533. The Morgan fingerprint density at radius 2 is 1.89 bits per heavy atom. The molecule has 1 aromatic rings. The highest BCUT2D eigenvalue weighted by Gasteiger charge is 2.54. The normalized spacial score (nSPS) is 29.5. The highest BCUT2D eigenvalue weighted by Crippen LogP contribution is 2.55. The number of fused-ring (bicyclic) bond motifs is 1. The topological polar surface area (TPSA) is 49.3 Å². The molecule has 3 heteroatoms. The number of carbonyl (C=O) groups excluding carboxylic acids is 1. The lowest BCUT2D eigenvalue weighted by molar-refractivity contribution is -0.117. The number of aliphatic hydroxyl groups is 1. The SMILES string of the molecule is O=C(Nc1ccccc1CO)C1C2CCCCC21. The lowest BCUT2D eigenvalue weighted by Crippen LogP contribution is -2.16. The van der Waals surface area contributed by atoms with Crippen molar-refractivity contribution in [3.05, 3.63) is 29.8 Å². The lowest BCUT2D eigenvalue weighted by Gasteiger charge is -2.08. The van der Waals surface area contributed by atoms with Crippen LogP contribution in [-0.2, 0) is 11.4 Å². The molecule has 0 aliphatic heterocycles. The number of para-hydroxylation sites is 1. The molecule has 3 nitrogen and oxygen atoms in total. The zero-order valence-electron chi connectivity index (χ0n) is 10.4. The molecule has 0 radical (unpaired) electrons. The number of rotatable bonds is 3. The van der Waals surface area contributed by atoms with Gasteiger partial charge in [-0.3, -0.25) is 4.79 Å². The van der Waals surface area contributed by atoms with Gasteiger partial charge in [0, 0.05) is 17.2 Å². The van der Waals surface area contributed by atoms with Gasteiger partial charge in [-0.2, -0.15) is 0 Å². The third-order valence-electron chi connectivity index (χ3n) is 4.40. The number of hydrogen-bond acceptors (Lipinski definition) is 2. The second-order valence-electron chi connectivity index (χ2n) is 5.44. The Kier molecular flexibility index (Phi) is 3.08. The first-order valence-corrected chi connectivity index (χ1v) is 6.81. The molecule has 18 heavy (non-hydrogen) atoms. The van der Waals surface area contributed by atoms with Crippen LogP contribution in [0, 0.1) is 17.8 Å². The summed E-state index contributed by atoms with van der Waals surface area (Å²) in [5, 5.41) is 12.2. The maximum absolute atomic E-state index is 12.2. The monoisotopic (exact) mass is 245 g/mol. The number of hydrogen-bond donors (Lipinski definition) is 2. The van der Waals surface area contributed by atoms with Gasteiger partial charge in [0.2, 0.25) is 5.91 Å². The fourth-order valence-electron chi connectivity index (χ4n) is 3.38. The lowest BCUT2D eigenvalue weighted by atomic mass is 10.0. The summed E-state index contributed by atoms with van der Waals surface area (Å²) in [6, 6.07) is 7.46. The molecular weight excluding hydrogens is 226 g/mol. The molecular formula is C15H19NO2. The molecule has 1 amide bonds. The van der Waals surface area contributed by atoms with Crippen molar-refractivity contribution in [2.75, 3.05) is 5.32 Å². The minimum absolute atomic E-state index is 0.0338. The van der Waals surface area contributed by atoms with Crippen molar-refractivity contribution in [2.24, 2.45) is 17.8 Å². The molecule has 0 spiro atoms. The Morgan fingerprint density at radius 1 is 1.22 bits per heavy atom. The van der Waals surface area contributed by atoms with E-state index in [0.29, 0.717) is 11.8 Å². The Balaban J connectivity index is 1.68. The molecule has 3 rings (SSSR count). The molecule has 2 atom stereocenters. The van der Waals surface area contributed by atoms with E-state index in [9.17, 15) is 9.90 Å². The molecule has 0 aromatic heterocycles. The van der Waals surface area contributed by atoms with Gasteiger partial charge in [-0.25, -0.2) is 0 Å². The molecule has 0 saturated heterocycles. The van der Waals surface area contributed by atoms with Crippen LogP contribution < -0.4 is 5.32 Å². The molecule has 0 heterocycles. The van der Waals surface area contributed by atoms with Crippen LogP contribution in [0.15, 0.2) is 24.3 Å². The summed E-state index contributed by atoms with van der Waals surface area (Å²) in [5.74, 6) is 1.62. The summed E-state index contributed by atoms with van der Waals surface area (Å²) in [7, 11) is 0. The van der Waals surface area contributed by atoms with Crippen LogP contribution in [-0.4, -0.2) is 11.0 Å². The number of carbonyl (C=O) groups is 1. The number of aliphatic hydroxyl groups excluding tert-OH is 1. The van der Waals surface area contributed by atoms with Crippen LogP contribution in [0.25, 0.3) is 0 Å². The van der Waals surface area contributed by atoms with Crippen LogP contribution in [0.2, 0.25) is 0 Å². The Bertz CT molecular complexity index is 446. The summed E-state index contributed by atoms with van der Waals surface area (Å²) >= 11 is 0. The van der Waals surface area contributed by atoms with E-state index in [1.54, 1.807) is 0 Å². The maximum Gasteiger partial charge on any atom is 0.228 e. The summed E-state index contributed by atoms with van der Waals surface area (Å²) in [6.45, 7) is -0.0338. The van der Waals surface area contributed by atoms with Crippen LogP contribution in [0.4, 0.5) is 5.69 Å². The molecule has 2 N–H and O–H groups in total. The van der Waals surface area contributed by atoms with Crippen molar-refractivity contribution in [2.45, 2.75) is 32.3 Å². The molecule has 2 aliphatic carbocycles. The van der Waals surface area contributed by atoms with E-state index in [1.165, 1.54) is 25.7 Å². The number of nitrogens with one attached hydrogen (secondary N) is 1. The summed E-state index contributed by atoms with van der Waals surface area (Å²) in [4.78, 5) is 12.2. The molecule has 2 fully saturated rings. The Morgan fingerprint density at radius 3 is 2.56 bits per heavy atom. The molecule has 96 valence electrons. The first kappa shape index (κ1) is 11.7. The number of benzene rings is 1. The quantitative estimate of drug-likeness (QED) is 0.859. The van der Waals surface area contributed by atoms with E-state index in [0.717, 1.165) is 11.3 Å². The van der Waals surface area contributed by atoms with Crippen molar-refractivity contribution >= 4 is 11.6 Å². The van der Waals surface area contributed by atoms with Gasteiger partial charge < -0.3 is 10.4 Å². The van der Waals surface area contributed by atoms with E-state index >= 15 is 0 Å². The first-order valence-electron chi connectivity index (χ1n) is 6.81. The zero-order valence-corrected chi connectivity index (χ0v) is 10.4. The summed E-state index contributed by atoms with van der Waals surface area (Å²) in [6.07, 6.45) is 4.98. The van der Waals surface area contributed by atoms with Crippen molar-refractivity contribution in [1.82, 2.24) is 0 Å². The third kappa shape index (κ3) is 2.03. The van der Waals surface area contributed by atoms with E-state index in [-0.39, 0.29) is 18.4 Å². The minimum Gasteiger partial charge on any atom is -0.392 e. The van der Waals surface area contributed by atoms with Crippen LogP contribution in [0.1, 0.15) is 31.2 Å². The van der Waals surface area contributed by atoms with Crippen molar-refractivity contribution in [3.8, 4) is 0 Å². The maximum atomic E-state index is 12.2. The third-order valence-corrected chi connectivity index (χ3v) is 4.40. The van der Waals surface area contributed by atoms with E-state index in [4.69, 9.17) is 0 Å². The molecule has 1 aromatic carbocycles. The van der Waals surface area contributed by atoms with Gasteiger partial charge in [0.1, 0.15) is 0 Å². The van der Waals surface area contributed by atoms with Gasteiger partial charge in [0.15, 0.2) is 0 Å². The summed E-state index contributed by atoms with van der Waals surface area (Å²) in [5.41, 5.74) is 1.54. The van der Waals surface area contributed by atoms with Gasteiger partial charge in [-0.15, -0.1) is 0 Å². The minimum atomic E-state index is -0.0338. The second kappa shape index (κ2) is 4.73. The average Bonchev–Trinajstić information content (AvgIpc) is 3.13. The van der Waals surface area contributed by atoms with Crippen LogP contribution >= 0.6 is 0 Å². The van der Waals surface area contributed by atoms with Crippen LogP contribution in [0.5, 0.6) is 0 Å². The van der Waals surface area contributed by atoms with Crippen molar-refractivity contribution < 1.29 is 9.90 Å². The standard InChI is InChI=1S/C15H19NO2/c17-9-10-5-1-4-8-13(10)16-15(18)14-11-6-2-3-7-12(11)14/h1,4-5,8,11-12,14,17H,2-3,6-7,9H2,(H,16,18). The first-order chi connectivity index (χ1) is 8.81. The van der Waals surface area contributed by atoms with Gasteiger partial charge >= 0.3 is 0 Å². The second-order valence-corrected chi connectivity index (χ2v) is 5.44. The van der Waals surface area contributed by atoms with E-state index < -0.39 is 0 Å². The highest BCUT2D eigenvalue weighted by molar-refractivity contribution is 5.95. The predicted octanol–water partition coefficient (Wildman–Crippen LogP) is 2.55. The number of anilines is 1. The van der Waals surface area contributed by atoms with Gasteiger partial charge in [0.05, 0.1) is 6.61 Å². The van der Waals surface area contributed by atoms with Crippen molar-refractivity contribution in [1.29, 1.82) is 0 Å². The van der Waals surface area contributed by atoms with E-state index in [1.807, 2.05) is 24.3 Å². The van der Waals surface area contributed by atoms with Crippen LogP contribution in [0.3, 0.4) is 0 Å². The highest BCUT2D eigenvalue weighted by atomic mass is 16.3. The average molecular weight is 245 g/mol. The smallest absolute Gasteiger partial charge is 0.228 e. The van der Waals surface area contributed by atoms with Crippen molar-refractivity contribution in [3.63, 3.8) is 0 Å². The molecule has 2 saturated carbocycles. The molecule has 2 unspecified atom stereocenters. The largest absolute Gasteiger partial charge is 0.392 e. The fourth-order valence-corrected chi connectivity index (χ4v) is 3.38. The molecule has 0 bridgehead atoms. The predicted molar refractivity (Wildman–Crippen MR) is 69.9 cm³/mol. The summed E-state index contributed by atoms with van der Waals surface area (Å²) < 4.78 is 0.